The van der Waals surface area contributed by atoms with E-state index in [4.69, 9.17) is 16.3 Å². The maximum Gasteiger partial charge on any atom is 0.282 e. The number of nitrogens with one attached hydrogen (secondary N) is 1. The minimum atomic E-state index is -3.74. The zero-order valence-corrected chi connectivity index (χ0v) is 18.0. The Morgan fingerprint density at radius 3 is 2.48 bits per heavy atom. The van der Waals surface area contributed by atoms with Crippen LogP contribution in [0, 0.1) is 6.92 Å². The summed E-state index contributed by atoms with van der Waals surface area (Å²) in [5.74, 6) is 0.286. The Hall–Kier alpha value is -2.13. The number of carbonyl (C=O) groups is 1. The quantitative estimate of drug-likeness (QED) is 0.753. The first kappa shape index (κ1) is 21.6. The molecule has 9 heteroatoms. The van der Waals surface area contributed by atoms with Gasteiger partial charge in [-0.05, 0) is 48.7 Å². The first-order valence-corrected chi connectivity index (χ1v) is 11.0. The molecule has 156 valence electrons. The molecule has 29 heavy (non-hydrogen) atoms. The molecule has 0 unspecified atom stereocenters. The number of hydrogen-bond donors (Lipinski definition) is 1. The van der Waals surface area contributed by atoms with Crippen molar-refractivity contribution in [2.75, 3.05) is 32.1 Å². The van der Waals surface area contributed by atoms with Gasteiger partial charge in [-0.15, -0.1) is 0 Å². The van der Waals surface area contributed by atoms with Crippen molar-refractivity contribution in [3.63, 3.8) is 0 Å². The molecule has 0 aromatic heterocycles. The van der Waals surface area contributed by atoms with Crippen molar-refractivity contribution in [1.82, 2.24) is 8.61 Å². The molecule has 0 bridgehead atoms. The molecule has 2 aromatic rings. The second kappa shape index (κ2) is 9.13. The number of rotatable bonds is 6. The summed E-state index contributed by atoms with van der Waals surface area (Å²) in [5, 5.41) is 3.11. The van der Waals surface area contributed by atoms with E-state index in [9.17, 15) is 13.2 Å². The molecule has 3 rings (SSSR count). The van der Waals surface area contributed by atoms with Crippen LogP contribution in [0.15, 0.2) is 42.5 Å². The molecule has 1 saturated heterocycles. The monoisotopic (exact) mass is 437 g/mol. The maximum atomic E-state index is 13.0. The van der Waals surface area contributed by atoms with E-state index in [1.165, 1.54) is 8.61 Å². The van der Waals surface area contributed by atoms with Gasteiger partial charge in [0.2, 0.25) is 5.91 Å². The third-order valence-corrected chi connectivity index (χ3v) is 6.95. The van der Waals surface area contributed by atoms with E-state index >= 15 is 0 Å². The lowest BCUT2D eigenvalue weighted by molar-refractivity contribution is -0.116. The topological polar surface area (TPSA) is 79.0 Å². The summed E-state index contributed by atoms with van der Waals surface area (Å²) >= 11 is 6.14. The van der Waals surface area contributed by atoms with Gasteiger partial charge in [0, 0.05) is 19.6 Å². The van der Waals surface area contributed by atoms with Crippen LogP contribution in [0.5, 0.6) is 5.75 Å². The van der Waals surface area contributed by atoms with E-state index in [1.807, 2.05) is 25.1 Å². The van der Waals surface area contributed by atoms with E-state index in [0.717, 1.165) is 11.1 Å². The van der Waals surface area contributed by atoms with Crippen LogP contribution in [0.3, 0.4) is 0 Å². The van der Waals surface area contributed by atoms with Gasteiger partial charge in [0.05, 0.1) is 24.4 Å². The summed E-state index contributed by atoms with van der Waals surface area (Å²) in [6.45, 7) is 2.60. The number of hydrogen-bond acceptors (Lipinski definition) is 4. The molecule has 7 nitrogen and oxygen atoms in total. The van der Waals surface area contributed by atoms with Gasteiger partial charge in [-0.25, -0.2) is 0 Å². The minimum absolute atomic E-state index is 0.244. The molecule has 0 spiro atoms. The molecule has 1 aliphatic rings. The van der Waals surface area contributed by atoms with Crippen molar-refractivity contribution in [2.24, 2.45) is 0 Å². The number of carbonyl (C=O) groups excluding carboxylic acids is 1. The lowest BCUT2D eigenvalue weighted by Gasteiger charge is -2.34. The number of aryl methyl sites for hydroxylation is 1. The Morgan fingerprint density at radius 2 is 1.83 bits per heavy atom. The van der Waals surface area contributed by atoms with E-state index < -0.39 is 16.1 Å². The van der Waals surface area contributed by atoms with Gasteiger partial charge >= 0.3 is 0 Å². The predicted octanol–water partition coefficient (Wildman–Crippen LogP) is 3.05. The highest BCUT2D eigenvalue weighted by atomic mass is 35.5. The molecule has 1 aliphatic heterocycles. The summed E-state index contributed by atoms with van der Waals surface area (Å²) in [6.07, 6.45) is 0.647. The fourth-order valence-corrected chi connectivity index (χ4v) is 5.07. The average molecular weight is 438 g/mol. The Morgan fingerprint density at radius 1 is 1.14 bits per heavy atom. The number of benzene rings is 2. The highest BCUT2D eigenvalue weighted by Gasteiger charge is 2.34. The molecular formula is C20H24ClN3O4S. The fraction of sp³-hybridized carbons (Fsp3) is 0.350. The van der Waals surface area contributed by atoms with Crippen LogP contribution in [0.25, 0.3) is 0 Å². The standard InChI is InChI=1S/C20H24ClN3O4S/c1-15-4-9-19(18(21)12-15)22-20(25)14-24-11-3-10-23(29(24,26)27)13-16-5-7-17(28-2)8-6-16/h4-9,12H,3,10-11,13-14H2,1-2H3,(H,22,25). The van der Waals surface area contributed by atoms with Crippen LogP contribution >= 0.6 is 11.6 Å². The number of ether oxygens (including phenoxy) is 1. The second-order valence-corrected chi connectivity index (χ2v) is 9.24. The van der Waals surface area contributed by atoms with Crippen LogP contribution in [0.1, 0.15) is 17.5 Å². The normalized spacial score (nSPS) is 17.1. The van der Waals surface area contributed by atoms with Crippen molar-refractivity contribution >= 4 is 33.4 Å². The van der Waals surface area contributed by atoms with Crippen molar-refractivity contribution in [2.45, 2.75) is 19.9 Å². The molecule has 1 amide bonds. The molecule has 0 aliphatic carbocycles. The second-order valence-electron chi connectivity index (χ2n) is 6.91. The zero-order chi connectivity index (χ0) is 21.0. The number of anilines is 1. The molecule has 0 saturated carbocycles. The van der Waals surface area contributed by atoms with E-state index in [1.54, 1.807) is 31.4 Å². The molecule has 0 radical (unpaired) electrons. The maximum absolute atomic E-state index is 13.0. The van der Waals surface area contributed by atoms with Crippen molar-refractivity contribution < 1.29 is 17.9 Å². The number of halogens is 1. The van der Waals surface area contributed by atoms with Gasteiger partial charge < -0.3 is 10.1 Å². The average Bonchev–Trinajstić information content (AvgIpc) is 2.68. The fourth-order valence-electron chi connectivity index (χ4n) is 3.14. The van der Waals surface area contributed by atoms with Gasteiger partial charge in [0.25, 0.3) is 10.2 Å². The number of nitrogens with zero attached hydrogens (tertiary/aromatic N) is 2. The van der Waals surface area contributed by atoms with E-state index in [2.05, 4.69) is 5.32 Å². The molecule has 1 N–H and O–H groups in total. The summed E-state index contributed by atoms with van der Waals surface area (Å²) in [6, 6.07) is 12.5. The van der Waals surface area contributed by atoms with Gasteiger partial charge in [-0.1, -0.05) is 29.8 Å². The minimum Gasteiger partial charge on any atom is -0.497 e. The Bertz CT molecular complexity index is 980. The first-order valence-electron chi connectivity index (χ1n) is 9.24. The molecule has 0 atom stereocenters. The highest BCUT2D eigenvalue weighted by molar-refractivity contribution is 7.86. The Balaban J connectivity index is 1.66. The van der Waals surface area contributed by atoms with Gasteiger partial charge in [-0.2, -0.15) is 17.0 Å². The van der Waals surface area contributed by atoms with Crippen molar-refractivity contribution in [3.05, 3.63) is 58.6 Å². The van der Waals surface area contributed by atoms with Crippen LogP contribution in [-0.4, -0.2) is 49.7 Å². The third-order valence-electron chi connectivity index (χ3n) is 4.70. The molecule has 1 fully saturated rings. The van der Waals surface area contributed by atoms with Crippen LogP contribution in [0.4, 0.5) is 5.69 Å². The lowest BCUT2D eigenvalue weighted by atomic mass is 10.2. The van der Waals surface area contributed by atoms with Gasteiger partial charge in [0.1, 0.15) is 5.75 Å². The van der Waals surface area contributed by atoms with E-state index in [-0.39, 0.29) is 13.1 Å². The SMILES string of the molecule is COc1ccc(CN2CCCN(CC(=O)Nc3ccc(C)cc3Cl)S2(=O)=O)cc1. The summed E-state index contributed by atoms with van der Waals surface area (Å²) in [4.78, 5) is 12.4. The van der Waals surface area contributed by atoms with Crippen molar-refractivity contribution in [1.29, 1.82) is 0 Å². The zero-order valence-electron chi connectivity index (χ0n) is 16.4. The first-order chi connectivity index (χ1) is 13.8. The highest BCUT2D eigenvalue weighted by Crippen LogP contribution is 2.24. The smallest absolute Gasteiger partial charge is 0.282 e. The summed E-state index contributed by atoms with van der Waals surface area (Å²) in [5.41, 5.74) is 2.29. The molecule has 1 heterocycles. The van der Waals surface area contributed by atoms with Crippen LogP contribution in [-0.2, 0) is 21.5 Å². The van der Waals surface area contributed by atoms with Crippen LogP contribution in [0.2, 0.25) is 5.02 Å². The lowest BCUT2D eigenvalue weighted by Crippen LogP contribution is -2.51. The number of methoxy groups -OCH3 is 1. The number of amides is 1. The van der Waals surface area contributed by atoms with Crippen molar-refractivity contribution in [3.8, 4) is 5.75 Å². The van der Waals surface area contributed by atoms with Gasteiger partial charge in [-0.3, -0.25) is 4.79 Å². The molecule has 2 aromatic carbocycles. The molecular weight excluding hydrogens is 414 g/mol. The third kappa shape index (κ3) is 5.27. The van der Waals surface area contributed by atoms with Crippen LogP contribution < -0.4 is 10.1 Å². The van der Waals surface area contributed by atoms with E-state index in [0.29, 0.717) is 36.0 Å². The Labute approximate surface area is 176 Å². The summed E-state index contributed by atoms with van der Waals surface area (Å²) in [7, 11) is -2.16. The predicted molar refractivity (Wildman–Crippen MR) is 113 cm³/mol. The summed E-state index contributed by atoms with van der Waals surface area (Å²) < 4.78 is 33.7. The largest absolute Gasteiger partial charge is 0.497 e. The van der Waals surface area contributed by atoms with Gasteiger partial charge in [0.15, 0.2) is 0 Å². The Kier molecular flexibility index (Phi) is 6.79.